The van der Waals surface area contributed by atoms with Gasteiger partial charge in [0.2, 0.25) is 5.91 Å². The number of nitrogens with one attached hydrogen (secondary N) is 1. The van der Waals surface area contributed by atoms with Crippen molar-refractivity contribution in [2.24, 2.45) is 0 Å². The zero-order chi connectivity index (χ0) is 24.9. The topological polar surface area (TPSA) is 76.4 Å². The van der Waals surface area contributed by atoms with E-state index < -0.39 is 11.7 Å². The summed E-state index contributed by atoms with van der Waals surface area (Å²) in [5, 5.41) is 16.4. The van der Waals surface area contributed by atoms with E-state index in [0.29, 0.717) is 16.8 Å². The Morgan fingerprint density at radius 2 is 1.85 bits per heavy atom. The minimum atomic E-state index is -0.578. The molecule has 0 bridgehead atoms. The van der Waals surface area contributed by atoms with Crippen LogP contribution < -0.4 is 5.32 Å². The lowest BCUT2D eigenvalue weighted by molar-refractivity contribution is -0.122. The monoisotopic (exact) mass is 471 g/mol. The summed E-state index contributed by atoms with van der Waals surface area (Å²) in [6.07, 6.45) is 0. The van der Waals surface area contributed by atoms with Crippen LogP contribution in [0.3, 0.4) is 0 Å². The maximum Gasteiger partial charge on any atom is 0.227 e. The molecule has 2 N–H and O–H groups in total. The third-order valence-corrected chi connectivity index (χ3v) is 5.53. The van der Waals surface area contributed by atoms with Crippen molar-refractivity contribution in [1.29, 1.82) is 0 Å². The van der Waals surface area contributed by atoms with Crippen molar-refractivity contribution in [2.75, 3.05) is 13.2 Å². The first-order chi connectivity index (χ1) is 16.1. The zero-order valence-corrected chi connectivity index (χ0v) is 19.9. The maximum atomic E-state index is 14.4. The molecule has 0 saturated heterocycles. The lowest BCUT2D eigenvalue weighted by Crippen LogP contribution is -2.28. The predicted molar refractivity (Wildman–Crippen MR) is 126 cm³/mol. The number of aliphatic hydroxyl groups is 1. The van der Waals surface area contributed by atoms with E-state index in [1.54, 1.807) is 35.9 Å². The minimum Gasteiger partial charge on any atom is -0.394 e. The summed E-state index contributed by atoms with van der Waals surface area (Å²) < 4.78 is 34.7. The molecule has 2 aromatic carbocycles. The van der Waals surface area contributed by atoms with Gasteiger partial charge in [-0.25, -0.2) is 13.5 Å². The van der Waals surface area contributed by atoms with E-state index in [2.05, 4.69) is 10.4 Å². The van der Waals surface area contributed by atoms with Crippen LogP contribution in [0.2, 0.25) is 0 Å². The number of ether oxygens (including phenoxy) is 1. The van der Waals surface area contributed by atoms with Gasteiger partial charge in [-0.3, -0.25) is 4.79 Å². The number of amides is 1. The Morgan fingerprint density at radius 1 is 1.15 bits per heavy atom. The highest BCUT2D eigenvalue weighted by molar-refractivity contribution is 5.83. The summed E-state index contributed by atoms with van der Waals surface area (Å²) in [6, 6.07) is 12.6. The Balaban J connectivity index is 1.74. The third-order valence-electron chi connectivity index (χ3n) is 5.53. The number of hydrogen-bond donors (Lipinski definition) is 2. The summed E-state index contributed by atoms with van der Waals surface area (Å²) >= 11 is 0. The van der Waals surface area contributed by atoms with Crippen LogP contribution in [0.5, 0.6) is 0 Å². The fourth-order valence-corrected chi connectivity index (χ4v) is 3.40. The highest BCUT2D eigenvalue weighted by Crippen LogP contribution is 2.24. The van der Waals surface area contributed by atoms with E-state index in [0.717, 1.165) is 11.4 Å². The van der Waals surface area contributed by atoms with Gasteiger partial charge in [0.25, 0.3) is 0 Å². The molecule has 0 aliphatic heterocycles. The molecule has 0 radical (unpaired) electrons. The minimum absolute atomic E-state index is 0.0523. The first-order valence-electron chi connectivity index (χ1n) is 11.2. The van der Waals surface area contributed by atoms with E-state index >= 15 is 0 Å². The van der Waals surface area contributed by atoms with E-state index in [9.17, 15) is 13.6 Å². The number of halogens is 2. The highest BCUT2D eigenvalue weighted by Gasteiger charge is 2.22. The number of carbonyl (C=O) groups is 1. The van der Waals surface area contributed by atoms with Crippen molar-refractivity contribution in [3.8, 4) is 5.69 Å². The van der Waals surface area contributed by atoms with Crippen molar-refractivity contribution in [2.45, 2.75) is 52.2 Å². The second-order valence-electron chi connectivity index (χ2n) is 9.23. The number of hydrogen-bond acceptors (Lipinski definition) is 4. The molecule has 1 amide bonds. The van der Waals surface area contributed by atoms with E-state index in [1.807, 2.05) is 26.8 Å². The number of carbonyl (C=O) groups excluding carboxylic acids is 1. The van der Waals surface area contributed by atoms with Gasteiger partial charge in [0.15, 0.2) is 0 Å². The molecule has 0 saturated carbocycles. The fourth-order valence-electron chi connectivity index (χ4n) is 3.40. The average molecular weight is 472 g/mol. The zero-order valence-electron chi connectivity index (χ0n) is 19.9. The second-order valence-corrected chi connectivity index (χ2v) is 9.23. The lowest BCUT2D eigenvalue weighted by Gasteiger charge is -2.15. The first-order valence-corrected chi connectivity index (χ1v) is 11.2. The van der Waals surface area contributed by atoms with Crippen molar-refractivity contribution in [1.82, 2.24) is 15.1 Å². The predicted octanol–water partition coefficient (Wildman–Crippen LogP) is 4.38. The SMILES string of the molecule is CC(C(=O)NCc1cc(C(C)(C)C)nn1-c1ccc(F)cc1)c1ccc(COCCO)c(F)c1. The van der Waals surface area contributed by atoms with Gasteiger partial charge in [-0.2, -0.15) is 5.10 Å². The van der Waals surface area contributed by atoms with Crippen molar-refractivity contribution < 1.29 is 23.4 Å². The van der Waals surface area contributed by atoms with Gasteiger partial charge >= 0.3 is 0 Å². The van der Waals surface area contributed by atoms with Gasteiger partial charge in [-0.1, -0.05) is 32.9 Å². The molecule has 8 heteroatoms. The molecule has 3 aromatic rings. The lowest BCUT2D eigenvalue weighted by atomic mass is 9.92. The molecule has 1 aromatic heterocycles. The van der Waals surface area contributed by atoms with Crippen LogP contribution >= 0.6 is 0 Å². The largest absolute Gasteiger partial charge is 0.394 e. The van der Waals surface area contributed by atoms with Crippen LogP contribution in [0.1, 0.15) is 56.1 Å². The van der Waals surface area contributed by atoms with Crippen LogP contribution in [0.15, 0.2) is 48.5 Å². The quantitative estimate of drug-likeness (QED) is 0.454. The van der Waals surface area contributed by atoms with Gasteiger partial charge in [-0.15, -0.1) is 0 Å². The fraction of sp³-hybridized carbons (Fsp3) is 0.385. The molecule has 182 valence electrons. The number of aromatic nitrogens is 2. The Morgan fingerprint density at radius 3 is 2.47 bits per heavy atom. The Bertz CT molecular complexity index is 1120. The summed E-state index contributed by atoms with van der Waals surface area (Å²) in [6.45, 7) is 8.10. The van der Waals surface area contributed by atoms with Crippen LogP contribution in [0, 0.1) is 11.6 Å². The van der Waals surface area contributed by atoms with E-state index in [4.69, 9.17) is 9.84 Å². The van der Waals surface area contributed by atoms with Crippen LogP contribution in [-0.2, 0) is 28.1 Å². The molecule has 6 nitrogen and oxygen atoms in total. The maximum absolute atomic E-state index is 14.4. The number of aliphatic hydroxyl groups excluding tert-OH is 1. The molecule has 34 heavy (non-hydrogen) atoms. The molecule has 1 unspecified atom stereocenters. The first kappa shape index (κ1) is 25.5. The summed E-state index contributed by atoms with van der Waals surface area (Å²) in [7, 11) is 0. The molecule has 3 rings (SSSR count). The van der Waals surface area contributed by atoms with Crippen molar-refractivity contribution >= 4 is 5.91 Å². The number of rotatable bonds is 9. The molecule has 1 atom stereocenters. The van der Waals surface area contributed by atoms with Gasteiger partial charge in [0, 0.05) is 11.0 Å². The van der Waals surface area contributed by atoms with E-state index in [-0.39, 0.29) is 43.5 Å². The molecule has 0 aliphatic carbocycles. The van der Waals surface area contributed by atoms with Crippen molar-refractivity contribution in [3.05, 3.63) is 82.7 Å². The van der Waals surface area contributed by atoms with E-state index in [1.165, 1.54) is 18.2 Å². The molecule has 0 aliphatic rings. The summed E-state index contributed by atoms with van der Waals surface area (Å²) in [5.41, 5.74) is 2.98. The summed E-state index contributed by atoms with van der Waals surface area (Å²) in [4.78, 5) is 12.9. The van der Waals surface area contributed by atoms with Crippen molar-refractivity contribution in [3.63, 3.8) is 0 Å². The molecule has 0 fully saturated rings. The highest BCUT2D eigenvalue weighted by atomic mass is 19.1. The van der Waals surface area contributed by atoms with Gasteiger partial charge < -0.3 is 15.2 Å². The van der Waals surface area contributed by atoms with Crippen LogP contribution in [0.25, 0.3) is 5.69 Å². The smallest absolute Gasteiger partial charge is 0.227 e. The third kappa shape index (κ3) is 6.27. The normalized spacial score (nSPS) is 12.6. The molecular formula is C26H31F2N3O3. The molecule has 1 heterocycles. The van der Waals surface area contributed by atoms with Gasteiger partial charge in [0.05, 0.1) is 49.4 Å². The van der Waals surface area contributed by atoms with Gasteiger partial charge in [-0.05, 0) is 48.9 Å². The Hall–Kier alpha value is -3.10. The van der Waals surface area contributed by atoms with Crippen LogP contribution in [0.4, 0.5) is 8.78 Å². The van der Waals surface area contributed by atoms with Gasteiger partial charge in [0.1, 0.15) is 11.6 Å². The molecule has 0 spiro atoms. The molecular weight excluding hydrogens is 440 g/mol. The number of nitrogens with zero attached hydrogens (tertiary/aromatic N) is 2. The number of benzene rings is 2. The summed E-state index contributed by atoms with van der Waals surface area (Å²) in [5.74, 6) is -1.63. The Kier molecular flexibility index (Phi) is 8.17. The Labute approximate surface area is 198 Å². The standard InChI is InChI=1S/C26H31F2N3O3/c1-17(18-5-6-19(23(28)13-18)16-34-12-11-32)25(33)29-15-22-14-24(26(2,3)4)30-31(22)21-9-7-20(27)8-10-21/h5-10,13-14,17,32H,11-12,15-16H2,1-4H3,(H,29,33). The van der Waals surface area contributed by atoms with Crippen LogP contribution in [-0.4, -0.2) is 34.0 Å². The second kappa shape index (κ2) is 10.9. The average Bonchev–Trinajstić information content (AvgIpc) is 3.23.